The molecule has 22 heavy (non-hydrogen) atoms. The maximum atomic E-state index is 11.1. The van der Waals surface area contributed by atoms with Crippen LogP contribution in [0.25, 0.3) is 0 Å². The Bertz CT molecular complexity index is 411. The average Bonchev–Trinajstić information content (AvgIpc) is 2.35. The van der Waals surface area contributed by atoms with Crippen LogP contribution in [0.2, 0.25) is 0 Å². The van der Waals surface area contributed by atoms with Gasteiger partial charge in [0.2, 0.25) is 0 Å². The predicted molar refractivity (Wildman–Crippen MR) is 68.1 cm³/mol. The first kappa shape index (κ1) is 20.8. The zero-order chi connectivity index (χ0) is 16.2. The summed E-state index contributed by atoms with van der Waals surface area (Å²) in [7, 11) is 0. The number of hydrogen-bond acceptors (Lipinski definition) is 8. The van der Waals surface area contributed by atoms with Crippen LogP contribution in [0.5, 0.6) is 0 Å². The Morgan fingerprint density at radius 1 is 1.00 bits per heavy atom. The minimum atomic E-state index is -1.28. The van der Waals surface area contributed by atoms with Gasteiger partial charge < -0.3 is 24.1 Å². The van der Waals surface area contributed by atoms with Crippen molar-refractivity contribution in [3.63, 3.8) is 0 Å². The summed E-state index contributed by atoms with van der Waals surface area (Å²) >= 11 is 0. The van der Waals surface area contributed by atoms with E-state index in [4.69, 9.17) is 18.9 Å². The van der Waals surface area contributed by atoms with Gasteiger partial charge in [-0.05, 0) is 6.92 Å². The van der Waals surface area contributed by atoms with E-state index in [0.717, 1.165) is 0 Å². The fourth-order valence-electron chi connectivity index (χ4n) is 2.14. The van der Waals surface area contributed by atoms with Crippen molar-refractivity contribution < 1.29 is 55.2 Å². The Kier molecular flexibility index (Phi) is 8.60. The third kappa shape index (κ3) is 5.91. The average molecular weight is 363 g/mol. The normalized spacial score (nSPS) is 30.7. The first-order valence-electron chi connectivity index (χ1n) is 6.53. The topological polar surface area (TPSA) is 108 Å². The van der Waals surface area contributed by atoms with Gasteiger partial charge in [0.05, 0.1) is 6.10 Å². The molecular formula is C13H20CoO8. The summed E-state index contributed by atoms with van der Waals surface area (Å²) in [5.41, 5.74) is 0. The molecule has 8 nitrogen and oxygen atoms in total. The predicted octanol–water partition coefficient (Wildman–Crippen LogP) is -0.441. The summed E-state index contributed by atoms with van der Waals surface area (Å²) in [5.74, 6) is -1.74. The summed E-state index contributed by atoms with van der Waals surface area (Å²) in [6.45, 7) is 5.02. The smallest absolute Gasteiger partial charge is 0.303 e. The molecule has 129 valence electrons. The van der Waals surface area contributed by atoms with Crippen molar-refractivity contribution in [2.24, 2.45) is 0 Å². The number of aliphatic hydroxyl groups excluding tert-OH is 1. The van der Waals surface area contributed by atoms with Crippen LogP contribution in [0.4, 0.5) is 0 Å². The van der Waals surface area contributed by atoms with Crippen LogP contribution in [-0.2, 0) is 50.1 Å². The summed E-state index contributed by atoms with van der Waals surface area (Å²) < 4.78 is 20.4. The SMILES string of the molecule is CC(=O)OCC1OC(C)C(OC(C)=O)C(O)C1OC(C)=O.[Co]. The van der Waals surface area contributed by atoms with Gasteiger partial charge in [0.1, 0.15) is 18.8 Å². The molecule has 0 aromatic rings. The first-order valence-corrected chi connectivity index (χ1v) is 6.53. The molecule has 5 unspecified atom stereocenters. The second-order valence-corrected chi connectivity index (χ2v) is 4.82. The molecule has 0 spiro atoms. The maximum absolute atomic E-state index is 11.1. The molecule has 0 aliphatic carbocycles. The molecule has 0 amide bonds. The minimum Gasteiger partial charge on any atom is -0.463 e. The van der Waals surface area contributed by atoms with E-state index in [1.807, 2.05) is 0 Å². The van der Waals surface area contributed by atoms with Crippen molar-refractivity contribution in [1.29, 1.82) is 0 Å². The van der Waals surface area contributed by atoms with Crippen molar-refractivity contribution in [3.05, 3.63) is 0 Å². The molecule has 0 aromatic heterocycles. The molecule has 0 saturated carbocycles. The molecule has 1 fully saturated rings. The van der Waals surface area contributed by atoms with Gasteiger partial charge >= 0.3 is 17.9 Å². The van der Waals surface area contributed by atoms with Gasteiger partial charge in [-0.2, -0.15) is 0 Å². The van der Waals surface area contributed by atoms with E-state index >= 15 is 0 Å². The van der Waals surface area contributed by atoms with Gasteiger partial charge in [0, 0.05) is 37.6 Å². The Morgan fingerprint density at radius 3 is 1.95 bits per heavy atom. The molecule has 5 atom stereocenters. The van der Waals surface area contributed by atoms with E-state index in [-0.39, 0.29) is 23.4 Å². The Labute approximate surface area is 138 Å². The number of hydrogen-bond donors (Lipinski definition) is 1. The fraction of sp³-hybridized carbons (Fsp3) is 0.769. The molecule has 1 saturated heterocycles. The number of carbonyl (C=O) groups is 3. The molecule has 1 rings (SSSR count). The molecule has 1 aliphatic rings. The van der Waals surface area contributed by atoms with Gasteiger partial charge in [-0.3, -0.25) is 14.4 Å². The first-order chi connectivity index (χ1) is 9.72. The van der Waals surface area contributed by atoms with E-state index < -0.39 is 48.4 Å². The quantitative estimate of drug-likeness (QED) is 0.529. The van der Waals surface area contributed by atoms with Gasteiger partial charge in [-0.1, -0.05) is 0 Å². The van der Waals surface area contributed by atoms with Gasteiger partial charge in [0.25, 0.3) is 0 Å². The molecular weight excluding hydrogens is 343 g/mol. The van der Waals surface area contributed by atoms with Crippen LogP contribution in [0.15, 0.2) is 0 Å². The zero-order valence-corrected chi connectivity index (χ0v) is 13.8. The van der Waals surface area contributed by atoms with Gasteiger partial charge in [-0.25, -0.2) is 0 Å². The molecule has 1 heterocycles. The molecule has 0 bridgehead atoms. The Balaban J connectivity index is 0.00000441. The Morgan fingerprint density at radius 2 is 1.50 bits per heavy atom. The number of aliphatic hydroxyl groups is 1. The summed E-state index contributed by atoms with van der Waals surface area (Å²) in [5, 5.41) is 10.3. The molecule has 1 N–H and O–H groups in total. The maximum Gasteiger partial charge on any atom is 0.303 e. The van der Waals surface area contributed by atoms with Crippen LogP contribution in [0.3, 0.4) is 0 Å². The van der Waals surface area contributed by atoms with Crippen molar-refractivity contribution in [1.82, 2.24) is 0 Å². The van der Waals surface area contributed by atoms with Gasteiger partial charge in [0.15, 0.2) is 12.2 Å². The van der Waals surface area contributed by atoms with Crippen molar-refractivity contribution >= 4 is 17.9 Å². The molecule has 1 aliphatic heterocycles. The van der Waals surface area contributed by atoms with E-state index in [0.29, 0.717) is 0 Å². The van der Waals surface area contributed by atoms with Crippen LogP contribution >= 0.6 is 0 Å². The van der Waals surface area contributed by atoms with Crippen molar-refractivity contribution in [2.45, 2.75) is 58.2 Å². The van der Waals surface area contributed by atoms with Crippen molar-refractivity contribution in [2.75, 3.05) is 6.61 Å². The van der Waals surface area contributed by atoms with E-state index in [2.05, 4.69) is 0 Å². The third-order valence-corrected chi connectivity index (χ3v) is 2.95. The number of carbonyl (C=O) groups excluding carboxylic acids is 3. The number of ether oxygens (including phenoxy) is 4. The number of rotatable bonds is 4. The molecule has 9 heteroatoms. The largest absolute Gasteiger partial charge is 0.463 e. The standard InChI is InChI=1S/C13H20O8.Co/c1-6-12(20-8(3)15)11(17)13(21-9(4)16)10(19-6)5-18-7(2)14;/h6,10-13,17H,5H2,1-4H3;. The van der Waals surface area contributed by atoms with Crippen LogP contribution < -0.4 is 0 Å². The van der Waals surface area contributed by atoms with Crippen LogP contribution in [0, 0.1) is 0 Å². The van der Waals surface area contributed by atoms with Crippen molar-refractivity contribution in [3.8, 4) is 0 Å². The third-order valence-electron chi connectivity index (χ3n) is 2.95. The zero-order valence-electron chi connectivity index (χ0n) is 12.7. The summed E-state index contributed by atoms with van der Waals surface area (Å²) in [4.78, 5) is 33.1. The summed E-state index contributed by atoms with van der Waals surface area (Å²) in [6.07, 6.45) is -4.82. The van der Waals surface area contributed by atoms with Crippen LogP contribution in [0.1, 0.15) is 27.7 Å². The van der Waals surface area contributed by atoms with E-state index in [1.165, 1.54) is 20.8 Å². The van der Waals surface area contributed by atoms with E-state index in [9.17, 15) is 19.5 Å². The molecule has 1 radical (unpaired) electrons. The monoisotopic (exact) mass is 363 g/mol. The summed E-state index contributed by atoms with van der Waals surface area (Å²) in [6, 6.07) is 0. The second-order valence-electron chi connectivity index (χ2n) is 4.82. The fourth-order valence-corrected chi connectivity index (χ4v) is 2.14. The van der Waals surface area contributed by atoms with Gasteiger partial charge in [-0.15, -0.1) is 0 Å². The van der Waals surface area contributed by atoms with Crippen LogP contribution in [-0.4, -0.2) is 60.1 Å². The second kappa shape index (κ2) is 9.08. The Hall–Kier alpha value is -1.16. The number of esters is 3. The minimum absolute atomic E-state index is 0. The molecule has 0 aromatic carbocycles. The van der Waals surface area contributed by atoms with E-state index in [1.54, 1.807) is 6.92 Å².